The molecule has 5 heteroatoms. The molecule has 0 radical (unpaired) electrons. The molecule has 116 valence electrons. The number of hydrazine groups is 1. The highest BCUT2D eigenvalue weighted by Gasteiger charge is 2.30. The van der Waals surface area contributed by atoms with Crippen molar-refractivity contribution in [3.63, 3.8) is 0 Å². The van der Waals surface area contributed by atoms with Crippen LogP contribution in [-0.2, 0) is 6.42 Å². The van der Waals surface area contributed by atoms with Crippen LogP contribution in [0, 0.1) is 0 Å². The lowest BCUT2D eigenvalue weighted by atomic mass is 9.96. The van der Waals surface area contributed by atoms with E-state index in [2.05, 4.69) is 31.2 Å². The van der Waals surface area contributed by atoms with E-state index in [9.17, 15) is 4.79 Å². The minimum atomic E-state index is 0.0888. The Balaban J connectivity index is 2.30. The maximum atomic E-state index is 12.9. The lowest BCUT2D eigenvalue weighted by Crippen LogP contribution is -2.47. The Bertz CT molecular complexity index is 493. The number of nitrogens with one attached hydrogen (secondary N) is 1. The third kappa shape index (κ3) is 3.53. The molecule has 1 aliphatic rings. The van der Waals surface area contributed by atoms with Crippen molar-refractivity contribution in [3.05, 3.63) is 23.4 Å². The summed E-state index contributed by atoms with van der Waals surface area (Å²) in [5.74, 6) is 6.13. The van der Waals surface area contributed by atoms with Gasteiger partial charge in [-0.2, -0.15) is 0 Å². The van der Waals surface area contributed by atoms with Gasteiger partial charge in [-0.25, -0.2) is 10.8 Å². The predicted molar refractivity (Wildman–Crippen MR) is 85.0 cm³/mol. The minimum absolute atomic E-state index is 0.0888. The zero-order chi connectivity index (χ0) is 15.4. The third-order valence-corrected chi connectivity index (χ3v) is 4.21. The highest BCUT2D eigenvalue weighted by Crippen LogP contribution is 2.25. The highest BCUT2D eigenvalue weighted by atomic mass is 16.2. The molecule has 3 N–H and O–H groups in total. The SMILES string of the molecule is CCCc1cc(C(=O)N2[C@H](C)CCC[C@@H]2C)cc(NN)n1. The number of aryl methyl sites for hydroxylation is 1. The lowest BCUT2D eigenvalue weighted by molar-refractivity contribution is 0.0510. The summed E-state index contributed by atoms with van der Waals surface area (Å²) in [5, 5.41) is 0. The Morgan fingerprint density at radius 2 is 2.05 bits per heavy atom. The molecule has 1 aromatic heterocycles. The van der Waals surface area contributed by atoms with Crippen molar-refractivity contribution < 1.29 is 4.79 Å². The smallest absolute Gasteiger partial charge is 0.254 e. The molecule has 2 heterocycles. The van der Waals surface area contributed by atoms with Crippen molar-refractivity contribution in [2.75, 3.05) is 5.43 Å². The largest absolute Gasteiger partial charge is 0.333 e. The molecular weight excluding hydrogens is 264 g/mol. The van der Waals surface area contributed by atoms with Crippen molar-refractivity contribution >= 4 is 11.7 Å². The fourth-order valence-corrected chi connectivity index (χ4v) is 3.14. The molecule has 0 saturated carbocycles. The molecule has 5 nitrogen and oxygen atoms in total. The van der Waals surface area contributed by atoms with E-state index in [1.54, 1.807) is 6.07 Å². The number of carbonyl (C=O) groups is 1. The average molecular weight is 290 g/mol. The summed E-state index contributed by atoms with van der Waals surface area (Å²) in [5.41, 5.74) is 4.16. The van der Waals surface area contributed by atoms with Crippen LogP contribution < -0.4 is 11.3 Å². The first kappa shape index (κ1) is 15.8. The van der Waals surface area contributed by atoms with Gasteiger partial charge in [0.25, 0.3) is 5.91 Å². The van der Waals surface area contributed by atoms with Crippen LogP contribution in [0.5, 0.6) is 0 Å². The summed E-state index contributed by atoms with van der Waals surface area (Å²) in [6.07, 6.45) is 5.18. The molecule has 1 aromatic rings. The van der Waals surface area contributed by atoms with Gasteiger partial charge in [0.1, 0.15) is 5.82 Å². The second-order valence-electron chi connectivity index (χ2n) is 5.97. The van der Waals surface area contributed by atoms with Crippen molar-refractivity contribution in [2.24, 2.45) is 5.84 Å². The number of piperidine rings is 1. The molecule has 21 heavy (non-hydrogen) atoms. The van der Waals surface area contributed by atoms with E-state index in [0.717, 1.165) is 31.4 Å². The van der Waals surface area contributed by atoms with E-state index in [-0.39, 0.29) is 5.91 Å². The molecule has 1 saturated heterocycles. The Hall–Kier alpha value is -1.62. The normalized spacial score (nSPS) is 22.2. The van der Waals surface area contributed by atoms with Crippen LogP contribution in [0.1, 0.15) is 62.5 Å². The number of rotatable bonds is 4. The maximum absolute atomic E-state index is 12.9. The zero-order valence-electron chi connectivity index (χ0n) is 13.2. The van der Waals surface area contributed by atoms with Gasteiger partial charge in [0.15, 0.2) is 0 Å². The highest BCUT2D eigenvalue weighted by molar-refractivity contribution is 5.95. The van der Waals surface area contributed by atoms with Crippen molar-refractivity contribution in [2.45, 2.75) is 65.0 Å². The summed E-state index contributed by atoms with van der Waals surface area (Å²) < 4.78 is 0. The Morgan fingerprint density at radius 3 is 2.62 bits per heavy atom. The molecule has 0 spiro atoms. The predicted octanol–water partition coefficient (Wildman–Crippen LogP) is 2.72. The van der Waals surface area contributed by atoms with E-state index < -0.39 is 0 Å². The van der Waals surface area contributed by atoms with Crippen LogP contribution in [0.25, 0.3) is 0 Å². The third-order valence-electron chi connectivity index (χ3n) is 4.21. The number of nitrogens with two attached hydrogens (primary N) is 1. The lowest BCUT2D eigenvalue weighted by Gasteiger charge is -2.39. The minimum Gasteiger partial charge on any atom is -0.333 e. The van der Waals surface area contributed by atoms with Crippen molar-refractivity contribution in [1.29, 1.82) is 0 Å². The maximum Gasteiger partial charge on any atom is 0.254 e. The number of anilines is 1. The summed E-state index contributed by atoms with van der Waals surface area (Å²) >= 11 is 0. The standard InChI is InChI=1S/C16H26N4O/c1-4-6-14-9-13(10-15(18-14)19-17)16(21)20-11(2)7-5-8-12(20)3/h9-12H,4-8,17H2,1-3H3,(H,18,19)/t11-,12+. The molecule has 2 rings (SSSR count). The fraction of sp³-hybridized carbons (Fsp3) is 0.625. The molecule has 0 bridgehead atoms. The number of hydrogen-bond donors (Lipinski definition) is 2. The Morgan fingerprint density at radius 1 is 1.38 bits per heavy atom. The molecular formula is C16H26N4O. The first-order valence-corrected chi connectivity index (χ1v) is 7.87. The molecule has 2 atom stereocenters. The van der Waals surface area contributed by atoms with Gasteiger partial charge in [-0.05, 0) is 51.7 Å². The van der Waals surface area contributed by atoms with Crippen LogP contribution in [0.15, 0.2) is 12.1 Å². The number of nitrogens with zero attached hydrogens (tertiary/aromatic N) is 2. The number of carbonyl (C=O) groups excluding carboxylic acids is 1. The number of aromatic nitrogens is 1. The van der Waals surface area contributed by atoms with Gasteiger partial charge in [-0.15, -0.1) is 0 Å². The van der Waals surface area contributed by atoms with Crippen LogP contribution in [0.3, 0.4) is 0 Å². The summed E-state index contributed by atoms with van der Waals surface area (Å²) in [6.45, 7) is 6.36. The van der Waals surface area contributed by atoms with Crippen LogP contribution >= 0.6 is 0 Å². The second-order valence-corrected chi connectivity index (χ2v) is 5.97. The summed E-state index contributed by atoms with van der Waals surface area (Å²) in [4.78, 5) is 19.3. The first-order valence-electron chi connectivity index (χ1n) is 7.87. The molecule has 0 aliphatic carbocycles. The summed E-state index contributed by atoms with van der Waals surface area (Å²) in [7, 11) is 0. The number of amides is 1. The molecule has 0 unspecified atom stereocenters. The molecule has 1 aliphatic heterocycles. The quantitative estimate of drug-likeness (QED) is 0.660. The van der Waals surface area contributed by atoms with Gasteiger partial charge in [0.05, 0.1) is 0 Å². The summed E-state index contributed by atoms with van der Waals surface area (Å²) in [6, 6.07) is 4.23. The van der Waals surface area contributed by atoms with E-state index in [0.29, 0.717) is 23.5 Å². The Labute approximate surface area is 126 Å². The van der Waals surface area contributed by atoms with Gasteiger partial charge >= 0.3 is 0 Å². The van der Waals surface area contributed by atoms with E-state index in [4.69, 9.17) is 5.84 Å². The van der Waals surface area contributed by atoms with Crippen LogP contribution in [-0.4, -0.2) is 27.9 Å². The second kappa shape index (κ2) is 6.89. The van der Waals surface area contributed by atoms with E-state index in [1.807, 2.05) is 11.0 Å². The fourth-order valence-electron chi connectivity index (χ4n) is 3.14. The van der Waals surface area contributed by atoms with Crippen LogP contribution in [0.2, 0.25) is 0 Å². The number of pyridine rings is 1. The van der Waals surface area contributed by atoms with Gasteiger partial charge in [-0.3, -0.25) is 4.79 Å². The Kier molecular flexibility index (Phi) is 5.17. The number of hydrogen-bond acceptors (Lipinski definition) is 4. The van der Waals surface area contributed by atoms with Crippen LogP contribution in [0.4, 0.5) is 5.82 Å². The van der Waals surface area contributed by atoms with Crippen molar-refractivity contribution in [1.82, 2.24) is 9.88 Å². The molecule has 1 amide bonds. The van der Waals surface area contributed by atoms with Crippen molar-refractivity contribution in [3.8, 4) is 0 Å². The average Bonchev–Trinajstić information content (AvgIpc) is 2.47. The number of nitrogen functional groups attached to an aromatic ring is 1. The number of likely N-dealkylation sites (tertiary alicyclic amines) is 1. The first-order chi connectivity index (χ1) is 10.1. The van der Waals surface area contributed by atoms with Gasteiger partial charge in [-0.1, -0.05) is 13.3 Å². The van der Waals surface area contributed by atoms with Gasteiger partial charge in [0, 0.05) is 23.3 Å². The topological polar surface area (TPSA) is 71.2 Å². The van der Waals surface area contributed by atoms with E-state index >= 15 is 0 Å². The molecule has 0 aromatic carbocycles. The monoisotopic (exact) mass is 290 g/mol. The van der Waals surface area contributed by atoms with Gasteiger partial charge < -0.3 is 10.3 Å². The van der Waals surface area contributed by atoms with Gasteiger partial charge in [0.2, 0.25) is 0 Å². The molecule has 1 fully saturated rings. The zero-order valence-corrected chi connectivity index (χ0v) is 13.2. The van der Waals surface area contributed by atoms with E-state index in [1.165, 1.54) is 6.42 Å².